The number of pyridine rings is 1. The van der Waals surface area contributed by atoms with E-state index < -0.39 is 0 Å². The van der Waals surface area contributed by atoms with Gasteiger partial charge in [0.1, 0.15) is 5.76 Å². The Morgan fingerprint density at radius 2 is 2.05 bits per heavy atom. The molecule has 0 bridgehead atoms. The summed E-state index contributed by atoms with van der Waals surface area (Å²) in [5, 5.41) is 4.65. The highest BCUT2D eigenvalue weighted by molar-refractivity contribution is 5.82. The largest absolute Gasteiger partial charge is 0.361 e. The molecule has 0 radical (unpaired) electrons. The molecule has 0 amide bonds. The molecule has 3 aromatic rings. The van der Waals surface area contributed by atoms with Crippen LogP contribution in [0.4, 0.5) is 0 Å². The summed E-state index contributed by atoms with van der Waals surface area (Å²) in [5.74, 6) is 0.711. The molecule has 0 aliphatic heterocycles. The van der Waals surface area contributed by atoms with Crippen LogP contribution in [0.3, 0.4) is 0 Å². The first-order valence-corrected chi connectivity index (χ1v) is 6.69. The van der Waals surface area contributed by atoms with Gasteiger partial charge in [-0.25, -0.2) is 0 Å². The van der Waals surface area contributed by atoms with Crippen molar-refractivity contribution in [3.63, 3.8) is 0 Å². The molecule has 0 aliphatic rings. The maximum atomic E-state index is 12.3. The Bertz CT molecular complexity index is 824. The highest BCUT2D eigenvalue weighted by atomic mass is 16.5. The zero-order chi connectivity index (χ0) is 14.3. The topological polar surface area (TPSA) is 58.9 Å². The van der Waals surface area contributed by atoms with Crippen LogP contribution in [-0.2, 0) is 6.42 Å². The minimum atomic E-state index is 0.0176. The molecule has 0 spiro atoms. The smallest absolute Gasteiger partial charge is 0.190 e. The molecule has 102 valence electrons. The van der Waals surface area contributed by atoms with Gasteiger partial charge in [0.05, 0.1) is 17.0 Å². The van der Waals surface area contributed by atoms with Crippen LogP contribution in [0.15, 0.2) is 33.6 Å². The molecule has 1 aromatic carbocycles. The van der Waals surface area contributed by atoms with Gasteiger partial charge in [-0.15, -0.1) is 0 Å². The van der Waals surface area contributed by atoms with Gasteiger partial charge in [-0.2, -0.15) is 0 Å². The summed E-state index contributed by atoms with van der Waals surface area (Å²) >= 11 is 0. The van der Waals surface area contributed by atoms with Gasteiger partial charge in [0.15, 0.2) is 5.43 Å². The third-order valence-corrected chi connectivity index (χ3v) is 3.61. The Balaban J connectivity index is 2.28. The Morgan fingerprint density at radius 3 is 2.70 bits per heavy atom. The Hall–Kier alpha value is -2.36. The second kappa shape index (κ2) is 4.63. The molecule has 3 rings (SSSR count). The number of hydrogen-bond acceptors (Lipinski definition) is 3. The number of aryl methyl sites for hydroxylation is 3. The Kier molecular flexibility index (Phi) is 2.93. The maximum Gasteiger partial charge on any atom is 0.190 e. The summed E-state index contributed by atoms with van der Waals surface area (Å²) in [6, 6.07) is 7.56. The third kappa shape index (κ3) is 1.93. The fourth-order valence-electron chi connectivity index (χ4n) is 2.52. The second-order valence-electron chi connectivity index (χ2n) is 4.98. The van der Waals surface area contributed by atoms with Gasteiger partial charge < -0.3 is 9.51 Å². The van der Waals surface area contributed by atoms with Crippen LogP contribution in [0.1, 0.15) is 23.9 Å². The molecular formula is C16H16N2O2. The van der Waals surface area contributed by atoms with Crippen molar-refractivity contribution in [2.24, 2.45) is 0 Å². The molecule has 0 atom stereocenters. The van der Waals surface area contributed by atoms with E-state index >= 15 is 0 Å². The molecule has 4 heteroatoms. The predicted octanol–water partition coefficient (Wildman–Crippen LogP) is 3.36. The minimum absolute atomic E-state index is 0.0176. The number of H-pyrrole nitrogens is 1. The predicted molar refractivity (Wildman–Crippen MR) is 78.9 cm³/mol. The van der Waals surface area contributed by atoms with Crippen LogP contribution in [0.5, 0.6) is 0 Å². The SMILES string of the molecule is CCc1ccc2[nH]c(-c3c(C)noc3C)cc(=O)c2c1. The van der Waals surface area contributed by atoms with E-state index in [0.29, 0.717) is 5.76 Å². The molecule has 0 saturated heterocycles. The molecule has 20 heavy (non-hydrogen) atoms. The molecule has 0 unspecified atom stereocenters. The van der Waals surface area contributed by atoms with E-state index in [1.165, 1.54) is 0 Å². The summed E-state index contributed by atoms with van der Waals surface area (Å²) in [7, 11) is 0. The highest BCUT2D eigenvalue weighted by Crippen LogP contribution is 2.25. The summed E-state index contributed by atoms with van der Waals surface area (Å²) in [5.41, 5.74) is 4.41. The first-order chi connectivity index (χ1) is 9.60. The van der Waals surface area contributed by atoms with Crippen LogP contribution >= 0.6 is 0 Å². The van der Waals surface area contributed by atoms with Crippen molar-refractivity contribution in [1.29, 1.82) is 0 Å². The monoisotopic (exact) mass is 268 g/mol. The molecule has 1 N–H and O–H groups in total. The van der Waals surface area contributed by atoms with E-state index in [1.54, 1.807) is 6.07 Å². The van der Waals surface area contributed by atoms with Crippen molar-refractivity contribution in [3.05, 3.63) is 51.5 Å². The van der Waals surface area contributed by atoms with E-state index in [4.69, 9.17) is 4.52 Å². The van der Waals surface area contributed by atoms with Crippen LogP contribution < -0.4 is 5.43 Å². The van der Waals surface area contributed by atoms with Crippen molar-refractivity contribution >= 4 is 10.9 Å². The van der Waals surface area contributed by atoms with Crippen molar-refractivity contribution in [1.82, 2.24) is 10.1 Å². The van der Waals surface area contributed by atoms with Crippen LogP contribution in [-0.4, -0.2) is 10.1 Å². The van der Waals surface area contributed by atoms with Gasteiger partial charge >= 0.3 is 0 Å². The van der Waals surface area contributed by atoms with E-state index in [1.807, 2.05) is 32.0 Å². The van der Waals surface area contributed by atoms with Crippen molar-refractivity contribution in [2.45, 2.75) is 27.2 Å². The lowest BCUT2D eigenvalue weighted by atomic mass is 10.1. The van der Waals surface area contributed by atoms with Gasteiger partial charge in [0.2, 0.25) is 0 Å². The van der Waals surface area contributed by atoms with Crippen LogP contribution in [0, 0.1) is 13.8 Å². The van der Waals surface area contributed by atoms with Gasteiger partial charge in [0, 0.05) is 17.0 Å². The van der Waals surface area contributed by atoms with E-state index in [2.05, 4.69) is 17.1 Å². The zero-order valence-corrected chi connectivity index (χ0v) is 11.8. The fourth-order valence-corrected chi connectivity index (χ4v) is 2.52. The second-order valence-corrected chi connectivity index (χ2v) is 4.98. The number of aromatic amines is 1. The summed E-state index contributed by atoms with van der Waals surface area (Å²) in [4.78, 5) is 15.6. The summed E-state index contributed by atoms with van der Waals surface area (Å²) < 4.78 is 5.17. The quantitative estimate of drug-likeness (QED) is 0.775. The van der Waals surface area contributed by atoms with Gasteiger partial charge in [0.25, 0.3) is 0 Å². The van der Waals surface area contributed by atoms with Gasteiger partial charge in [-0.1, -0.05) is 18.1 Å². The average molecular weight is 268 g/mol. The molecule has 4 nitrogen and oxygen atoms in total. The lowest BCUT2D eigenvalue weighted by Gasteiger charge is -2.05. The first-order valence-electron chi connectivity index (χ1n) is 6.69. The van der Waals surface area contributed by atoms with E-state index in [9.17, 15) is 4.79 Å². The van der Waals surface area contributed by atoms with Crippen LogP contribution in [0.2, 0.25) is 0 Å². The lowest BCUT2D eigenvalue weighted by Crippen LogP contribution is -2.04. The number of hydrogen-bond donors (Lipinski definition) is 1. The lowest BCUT2D eigenvalue weighted by molar-refractivity contribution is 0.393. The maximum absolute atomic E-state index is 12.3. The van der Waals surface area contributed by atoms with Crippen molar-refractivity contribution in [3.8, 4) is 11.3 Å². The molecule has 0 fully saturated rings. The number of fused-ring (bicyclic) bond motifs is 1. The normalized spacial score (nSPS) is 11.2. The molecule has 2 heterocycles. The number of aromatic nitrogens is 2. The molecular weight excluding hydrogens is 252 g/mol. The van der Waals surface area contributed by atoms with Crippen LogP contribution in [0.25, 0.3) is 22.2 Å². The van der Waals surface area contributed by atoms with E-state index in [0.717, 1.165) is 39.8 Å². The number of rotatable bonds is 2. The first kappa shape index (κ1) is 12.7. The fraction of sp³-hybridized carbons (Fsp3) is 0.250. The van der Waals surface area contributed by atoms with Crippen molar-refractivity contribution in [2.75, 3.05) is 0 Å². The molecule has 0 saturated carbocycles. The molecule has 0 aliphatic carbocycles. The Labute approximate surface area is 116 Å². The zero-order valence-electron chi connectivity index (χ0n) is 11.8. The van der Waals surface area contributed by atoms with Gasteiger partial charge in [-0.05, 0) is 38.0 Å². The summed E-state index contributed by atoms with van der Waals surface area (Å²) in [6.07, 6.45) is 0.918. The number of benzene rings is 1. The van der Waals surface area contributed by atoms with Crippen molar-refractivity contribution < 1.29 is 4.52 Å². The van der Waals surface area contributed by atoms with E-state index in [-0.39, 0.29) is 5.43 Å². The molecule has 2 aromatic heterocycles. The average Bonchev–Trinajstić information content (AvgIpc) is 2.77. The third-order valence-electron chi connectivity index (χ3n) is 3.61. The number of nitrogens with one attached hydrogen (secondary N) is 1. The van der Waals surface area contributed by atoms with Gasteiger partial charge in [-0.3, -0.25) is 4.79 Å². The number of nitrogens with zero attached hydrogens (tertiary/aromatic N) is 1. The summed E-state index contributed by atoms with van der Waals surface area (Å²) in [6.45, 7) is 5.79. The standard InChI is InChI=1S/C16H16N2O2/c1-4-11-5-6-13-12(7-11)15(19)8-14(17-13)16-9(2)18-20-10(16)3/h5-8H,4H2,1-3H3,(H,17,19). The minimum Gasteiger partial charge on any atom is -0.361 e. The Morgan fingerprint density at radius 1 is 1.25 bits per heavy atom. The highest BCUT2D eigenvalue weighted by Gasteiger charge is 2.13.